The fraction of sp³-hybridized carbons (Fsp3) is 0.364. The summed E-state index contributed by atoms with van der Waals surface area (Å²) in [6.45, 7) is 0. The second-order valence-electron chi connectivity index (χ2n) is 3.91. The van der Waals surface area contributed by atoms with E-state index >= 15 is 0 Å². The van der Waals surface area contributed by atoms with Gasteiger partial charge in [-0.25, -0.2) is 4.79 Å². The molecular formula is C11H12N2O7S. The van der Waals surface area contributed by atoms with Crippen LogP contribution in [0.2, 0.25) is 0 Å². The number of nitro groups is 1. The van der Waals surface area contributed by atoms with Gasteiger partial charge >= 0.3 is 16.9 Å². The summed E-state index contributed by atoms with van der Waals surface area (Å²) in [5.41, 5.74) is -0.00369. The van der Waals surface area contributed by atoms with E-state index in [2.05, 4.69) is 10.1 Å². The zero-order chi connectivity index (χ0) is 16.0. The van der Waals surface area contributed by atoms with E-state index in [4.69, 9.17) is 5.11 Å². The number of esters is 1. The molecule has 0 radical (unpaired) electrons. The number of nitrogens with zero attached hydrogens (tertiary/aromatic N) is 1. The molecule has 0 fully saturated rings. The van der Waals surface area contributed by atoms with E-state index in [9.17, 15) is 24.5 Å². The van der Waals surface area contributed by atoms with Crippen molar-refractivity contribution in [3.8, 4) is 0 Å². The minimum atomic E-state index is -1.31. The molecule has 1 aromatic heterocycles. The van der Waals surface area contributed by atoms with Crippen molar-refractivity contribution in [2.75, 3.05) is 7.11 Å². The highest BCUT2D eigenvalue weighted by Crippen LogP contribution is 2.22. The molecule has 1 amide bonds. The van der Waals surface area contributed by atoms with Gasteiger partial charge in [-0.05, 0) is 6.42 Å². The summed E-state index contributed by atoms with van der Waals surface area (Å²) in [6.07, 6.45) is -0.308. The SMILES string of the molecule is COC(=O)CC[C@H](NC(=O)c1csc([N+](=O)[O-])c1)C(=O)O. The zero-order valence-electron chi connectivity index (χ0n) is 10.9. The molecule has 0 aliphatic heterocycles. The van der Waals surface area contributed by atoms with E-state index in [1.807, 2.05) is 0 Å². The largest absolute Gasteiger partial charge is 0.480 e. The number of carboxylic acids is 1. The smallest absolute Gasteiger partial charge is 0.326 e. The number of carbonyl (C=O) groups excluding carboxylic acids is 2. The Labute approximate surface area is 122 Å². The van der Waals surface area contributed by atoms with Crippen LogP contribution in [-0.4, -0.2) is 41.0 Å². The first-order valence-electron chi connectivity index (χ1n) is 5.68. The van der Waals surface area contributed by atoms with Gasteiger partial charge in [0.2, 0.25) is 0 Å². The third-order valence-corrected chi connectivity index (χ3v) is 3.38. The Bertz CT molecular complexity index is 569. The molecule has 114 valence electrons. The molecule has 1 heterocycles. The molecule has 0 unspecified atom stereocenters. The van der Waals surface area contributed by atoms with Crippen LogP contribution in [0.4, 0.5) is 5.00 Å². The van der Waals surface area contributed by atoms with Gasteiger partial charge in [-0.2, -0.15) is 0 Å². The molecule has 0 saturated heterocycles. The molecule has 10 heteroatoms. The minimum Gasteiger partial charge on any atom is -0.480 e. The van der Waals surface area contributed by atoms with Crippen molar-refractivity contribution in [1.82, 2.24) is 5.32 Å². The standard InChI is InChI=1S/C11H12N2O7S/c1-20-9(14)3-2-7(11(16)17)12-10(15)6-4-8(13(18)19)21-5-6/h4-5,7H,2-3H2,1H3,(H,12,15)(H,16,17)/t7-/m0/s1. The number of amides is 1. The number of nitrogens with one attached hydrogen (secondary N) is 1. The number of rotatable bonds is 7. The van der Waals surface area contributed by atoms with Crippen molar-refractivity contribution in [3.05, 3.63) is 27.1 Å². The second-order valence-corrected chi connectivity index (χ2v) is 4.80. The van der Waals surface area contributed by atoms with Gasteiger partial charge in [0.05, 0.1) is 17.6 Å². The molecule has 1 atom stereocenters. The number of aliphatic carboxylic acids is 1. The summed E-state index contributed by atoms with van der Waals surface area (Å²) >= 11 is 0.762. The fourth-order valence-corrected chi connectivity index (χ4v) is 2.11. The topological polar surface area (TPSA) is 136 Å². The third-order valence-electron chi connectivity index (χ3n) is 2.50. The van der Waals surface area contributed by atoms with Crippen molar-refractivity contribution in [3.63, 3.8) is 0 Å². The Balaban J connectivity index is 2.69. The van der Waals surface area contributed by atoms with E-state index < -0.39 is 28.8 Å². The highest BCUT2D eigenvalue weighted by Gasteiger charge is 2.23. The molecule has 2 N–H and O–H groups in total. The van der Waals surface area contributed by atoms with Gasteiger partial charge in [0.15, 0.2) is 0 Å². The minimum absolute atomic E-state index is 0.00369. The normalized spacial score (nSPS) is 11.5. The molecule has 21 heavy (non-hydrogen) atoms. The maximum absolute atomic E-state index is 11.8. The monoisotopic (exact) mass is 316 g/mol. The summed E-state index contributed by atoms with van der Waals surface area (Å²) < 4.78 is 4.38. The molecule has 0 aromatic carbocycles. The van der Waals surface area contributed by atoms with Crippen LogP contribution in [0.5, 0.6) is 0 Å². The highest BCUT2D eigenvalue weighted by molar-refractivity contribution is 7.13. The maximum atomic E-state index is 11.8. The van der Waals surface area contributed by atoms with Gasteiger partial charge in [-0.15, -0.1) is 0 Å². The maximum Gasteiger partial charge on any atom is 0.326 e. The quantitative estimate of drug-likeness (QED) is 0.431. The first-order valence-corrected chi connectivity index (χ1v) is 6.56. The molecule has 0 aliphatic carbocycles. The number of hydrogen-bond acceptors (Lipinski definition) is 7. The van der Waals surface area contributed by atoms with Crippen molar-refractivity contribution in [2.45, 2.75) is 18.9 Å². The third kappa shape index (κ3) is 4.84. The molecule has 0 spiro atoms. The van der Waals surface area contributed by atoms with Crippen LogP contribution >= 0.6 is 11.3 Å². The van der Waals surface area contributed by atoms with Crippen LogP contribution < -0.4 is 5.32 Å². The van der Waals surface area contributed by atoms with Crippen LogP contribution in [0.1, 0.15) is 23.2 Å². The molecule has 0 saturated carbocycles. The summed E-state index contributed by atoms with van der Waals surface area (Å²) in [5.74, 6) is -2.66. The number of hydrogen-bond donors (Lipinski definition) is 2. The van der Waals surface area contributed by atoms with Crippen LogP contribution in [-0.2, 0) is 14.3 Å². The van der Waals surface area contributed by atoms with Crippen molar-refractivity contribution in [1.29, 1.82) is 0 Å². The summed E-state index contributed by atoms with van der Waals surface area (Å²) in [5, 5.41) is 22.7. The van der Waals surface area contributed by atoms with E-state index in [0.29, 0.717) is 0 Å². The fourth-order valence-electron chi connectivity index (χ4n) is 1.40. The summed E-state index contributed by atoms with van der Waals surface area (Å²) in [7, 11) is 1.17. The second kappa shape index (κ2) is 7.33. The van der Waals surface area contributed by atoms with Crippen molar-refractivity contribution in [2.24, 2.45) is 0 Å². The zero-order valence-corrected chi connectivity index (χ0v) is 11.7. The first-order chi connectivity index (χ1) is 9.85. The van der Waals surface area contributed by atoms with Crippen LogP contribution in [0, 0.1) is 10.1 Å². The van der Waals surface area contributed by atoms with Crippen molar-refractivity contribution >= 4 is 34.2 Å². The van der Waals surface area contributed by atoms with Crippen LogP contribution in [0.3, 0.4) is 0 Å². The molecule has 1 aromatic rings. The summed E-state index contributed by atoms with van der Waals surface area (Å²) in [6, 6.07) is -0.227. The molecule has 0 aliphatic rings. The molecule has 1 rings (SSSR count). The van der Waals surface area contributed by atoms with Crippen LogP contribution in [0.15, 0.2) is 11.4 Å². The Morgan fingerprint density at radius 3 is 2.67 bits per heavy atom. The van der Waals surface area contributed by atoms with Gasteiger partial charge in [0.25, 0.3) is 5.91 Å². The van der Waals surface area contributed by atoms with Gasteiger partial charge in [-0.3, -0.25) is 19.7 Å². The lowest BCUT2D eigenvalue weighted by molar-refractivity contribution is -0.380. The van der Waals surface area contributed by atoms with Crippen molar-refractivity contribution < 1.29 is 29.2 Å². The average Bonchev–Trinajstić information content (AvgIpc) is 2.92. The number of carboxylic acid groups (broad SMARTS) is 1. The lowest BCUT2D eigenvalue weighted by Crippen LogP contribution is -2.41. The number of methoxy groups -OCH3 is 1. The molecule has 0 bridgehead atoms. The van der Waals surface area contributed by atoms with E-state index in [-0.39, 0.29) is 23.4 Å². The Morgan fingerprint density at radius 1 is 1.52 bits per heavy atom. The first kappa shape index (κ1) is 16.6. The summed E-state index contributed by atoms with van der Waals surface area (Å²) in [4.78, 5) is 43.7. The van der Waals surface area contributed by atoms with E-state index in [1.165, 1.54) is 12.5 Å². The van der Waals surface area contributed by atoms with Crippen LogP contribution in [0.25, 0.3) is 0 Å². The molecule has 9 nitrogen and oxygen atoms in total. The average molecular weight is 316 g/mol. The van der Waals surface area contributed by atoms with Gasteiger partial charge in [0.1, 0.15) is 6.04 Å². The Kier molecular flexibility index (Phi) is 5.79. The predicted molar refractivity (Wildman–Crippen MR) is 71.1 cm³/mol. The number of carbonyl (C=O) groups is 3. The lowest BCUT2D eigenvalue weighted by atomic mass is 10.1. The Hall–Kier alpha value is -2.49. The van der Waals surface area contributed by atoms with E-state index in [1.54, 1.807) is 0 Å². The Morgan fingerprint density at radius 2 is 2.19 bits per heavy atom. The highest BCUT2D eigenvalue weighted by atomic mass is 32.1. The lowest BCUT2D eigenvalue weighted by Gasteiger charge is -2.13. The van der Waals surface area contributed by atoms with Gasteiger partial charge in [0, 0.05) is 17.9 Å². The predicted octanol–water partition coefficient (Wildman–Crippen LogP) is 0.792. The van der Waals surface area contributed by atoms with E-state index in [0.717, 1.165) is 17.4 Å². The number of ether oxygens (including phenoxy) is 1. The molecular weight excluding hydrogens is 304 g/mol. The van der Waals surface area contributed by atoms with Gasteiger partial charge < -0.3 is 15.2 Å². The van der Waals surface area contributed by atoms with Gasteiger partial charge in [-0.1, -0.05) is 11.3 Å². The number of thiophene rings is 1.